The summed E-state index contributed by atoms with van der Waals surface area (Å²) < 4.78 is 29.0. The molecule has 4 aliphatic rings. The summed E-state index contributed by atoms with van der Waals surface area (Å²) in [6, 6.07) is 0. The van der Waals surface area contributed by atoms with Crippen LogP contribution in [0.25, 0.3) is 0 Å². The zero-order valence-electron chi connectivity index (χ0n) is 24.2. The quantitative estimate of drug-likeness (QED) is 0.296. The molecule has 0 saturated heterocycles. The SMILES string of the molecule is C1CCCC([O][V]([O]C2CCCCCCC2)([O]C2CCCCCCC2)[O]C2CCCCCCC2)CCC1. The molecule has 4 rings (SSSR count). The molecule has 0 radical (unpaired) electrons. The fraction of sp³-hybridized carbons (Fsp3) is 1.00. The topological polar surface area (TPSA) is 36.9 Å². The van der Waals surface area contributed by atoms with Crippen LogP contribution >= 0.6 is 0 Å². The summed E-state index contributed by atoms with van der Waals surface area (Å²) in [7, 11) is 0. The van der Waals surface area contributed by atoms with E-state index in [0.717, 1.165) is 51.4 Å². The Morgan fingerprint density at radius 1 is 0.243 bits per heavy atom. The maximum absolute atomic E-state index is 7.24. The molecule has 0 amide bonds. The van der Waals surface area contributed by atoms with Gasteiger partial charge in [0.15, 0.2) is 0 Å². The fourth-order valence-electron chi connectivity index (χ4n) is 6.98. The predicted molar refractivity (Wildman–Crippen MR) is 149 cm³/mol. The Morgan fingerprint density at radius 2 is 0.405 bits per heavy atom. The Kier molecular flexibility index (Phi) is 14.8. The molecule has 37 heavy (non-hydrogen) atoms. The van der Waals surface area contributed by atoms with Crippen molar-refractivity contribution in [2.75, 3.05) is 0 Å². The Labute approximate surface area is 233 Å². The van der Waals surface area contributed by atoms with Crippen molar-refractivity contribution in [2.45, 2.75) is 204 Å². The van der Waals surface area contributed by atoms with Gasteiger partial charge >= 0.3 is 234 Å². The molecule has 0 N–H and O–H groups in total. The van der Waals surface area contributed by atoms with Crippen LogP contribution in [0.3, 0.4) is 0 Å². The van der Waals surface area contributed by atoms with Gasteiger partial charge in [0, 0.05) is 0 Å². The summed E-state index contributed by atoms with van der Waals surface area (Å²) in [5, 5.41) is 0. The van der Waals surface area contributed by atoms with Gasteiger partial charge in [0.2, 0.25) is 0 Å². The van der Waals surface area contributed by atoms with Crippen molar-refractivity contribution in [1.29, 1.82) is 0 Å². The van der Waals surface area contributed by atoms with Gasteiger partial charge in [-0.25, -0.2) is 0 Å². The summed E-state index contributed by atoms with van der Waals surface area (Å²) in [5.74, 6) is 0. The molecule has 4 saturated carbocycles. The van der Waals surface area contributed by atoms with Crippen molar-refractivity contribution >= 4 is 0 Å². The average Bonchev–Trinajstić information content (AvgIpc) is 2.81. The molecule has 4 nitrogen and oxygen atoms in total. The molecule has 0 aromatic heterocycles. The standard InChI is InChI=1S/4C8H15O.V/c4*9-8-6-4-2-1-3-5-7-8;/h4*8H,1-7H2;/q4*-1;+4. The zero-order chi connectivity index (χ0) is 25.4. The zero-order valence-corrected chi connectivity index (χ0v) is 25.6. The summed E-state index contributed by atoms with van der Waals surface area (Å²) in [6.07, 6.45) is 36.7. The van der Waals surface area contributed by atoms with Crippen LogP contribution in [0.4, 0.5) is 0 Å². The molecule has 0 heterocycles. The molecule has 4 aliphatic carbocycles. The second-order valence-corrected chi connectivity index (χ2v) is 15.5. The molecular weight excluding hydrogens is 499 g/mol. The van der Waals surface area contributed by atoms with E-state index in [0.29, 0.717) is 0 Å². The monoisotopic (exact) mass is 559 g/mol. The van der Waals surface area contributed by atoms with E-state index < -0.39 is 15.4 Å². The Balaban J connectivity index is 1.56. The molecular formula is C32H60O4V. The minimum atomic E-state index is -3.77. The molecule has 0 aromatic rings. The van der Waals surface area contributed by atoms with E-state index in [2.05, 4.69) is 0 Å². The van der Waals surface area contributed by atoms with Crippen molar-refractivity contribution < 1.29 is 30.1 Å². The van der Waals surface area contributed by atoms with Crippen molar-refractivity contribution in [3.8, 4) is 0 Å². The summed E-state index contributed by atoms with van der Waals surface area (Å²) in [5.41, 5.74) is 0. The second-order valence-electron chi connectivity index (χ2n) is 12.7. The maximum atomic E-state index is 7.24. The van der Waals surface area contributed by atoms with Gasteiger partial charge in [-0.05, 0) is 0 Å². The van der Waals surface area contributed by atoms with Crippen LogP contribution in [0.15, 0.2) is 0 Å². The Hall–Kier alpha value is 0.424. The van der Waals surface area contributed by atoms with Crippen molar-refractivity contribution in [1.82, 2.24) is 0 Å². The molecule has 0 atom stereocenters. The van der Waals surface area contributed by atoms with Gasteiger partial charge in [-0.1, -0.05) is 0 Å². The van der Waals surface area contributed by atoms with Gasteiger partial charge < -0.3 is 0 Å². The van der Waals surface area contributed by atoms with Crippen LogP contribution in [-0.2, 0) is 30.1 Å². The Bertz CT molecular complexity index is 454. The number of hydrogen-bond donors (Lipinski definition) is 0. The van der Waals surface area contributed by atoms with Crippen LogP contribution in [-0.4, -0.2) is 24.4 Å². The summed E-state index contributed by atoms with van der Waals surface area (Å²) >= 11 is -3.77. The third-order valence-electron chi connectivity index (χ3n) is 9.32. The van der Waals surface area contributed by atoms with Gasteiger partial charge in [0.1, 0.15) is 0 Å². The van der Waals surface area contributed by atoms with E-state index in [4.69, 9.17) is 14.6 Å². The molecule has 5 heteroatoms. The molecule has 4 fully saturated rings. The van der Waals surface area contributed by atoms with Crippen LogP contribution in [0.2, 0.25) is 0 Å². The average molecular weight is 560 g/mol. The van der Waals surface area contributed by atoms with Crippen LogP contribution in [0.5, 0.6) is 0 Å². The van der Waals surface area contributed by atoms with Crippen LogP contribution < -0.4 is 0 Å². The van der Waals surface area contributed by atoms with Gasteiger partial charge in [0.05, 0.1) is 0 Å². The first kappa shape index (κ1) is 30.4. The number of rotatable bonds is 8. The first-order valence-electron chi connectivity index (χ1n) is 16.9. The van der Waals surface area contributed by atoms with Crippen LogP contribution in [0, 0.1) is 0 Å². The Morgan fingerprint density at radius 3 is 0.595 bits per heavy atom. The third kappa shape index (κ3) is 11.8. The number of hydrogen-bond acceptors (Lipinski definition) is 4. The normalized spacial score (nSPS) is 26.6. The van der Waals surface area contributed by atoms with Gasteiger partial charge in [-0.15, -0.1) is 0 Å². The van der Waals surface area contributed by atoms with Crippen LogP contribution in [0.1, 0.15) is 180 Å². The van der Waals surface area contributed by atoms with E-state index in [1.807, 2.05) is 0 Å². The second kappa shape index (κ2) is 18.0. The van der Waals surface area contributed by atoms with Crippen molar-refractivity contribution in [2.24, 2.45) is 0 Å². The van der Waals surface area contributed by atoms with E-state index in [9.17, 15) is 0 Å². The molecule has 0 unspecified atom stereocenters. The molecule has 217 valence electrons. The minimum absolute atomic E-state index is 0.253. The molecule has 0 bridgehead atoms. The van der Waals surface area contributed by atoms with E-state index in [-0.39, 0.29) is 24.4 Å². The fourth-order valence-corrected chi connectivity index (χ4v) is 11.0. The van der Waals surface area contributed by atoms with Crippen molar-refractivity contribution in [3.05, 3.63) is 0 Å². The van der Waals surface area contributed by atoms with Gasteiger partial charge in [-0.2, -0.15) is 0 Å². The van der Waals surface area contributed by atoms with Gasteiger partial charge in [0.25, 0.3) is 0 Å². The predicted octanol–water partition coefficient (Wildman–Crippen LogP) is 10.3. The van der Waals surface area contributed by atoms with E-state index in [1.54, 1.807) is 0 Å². The molecule has 0 spiro atoms. The van der Waals surface area contributed by atoms with Crippen molar-refractivity contribution in [3.63, 3.8) is 0 Å². The van der Waals surface area contributed by atoms with E-state index >= 15 is 0 Å². The van der Waals surface area contributed by atoms with E-state index in [1.165, 1.54) is 128 Å². The third-order valence-corrected chi connectivity index (χ3v) is 12.8. The summed E-state index contributed by atoms with van der Waals surface area (Å²) in [6.45, 7) is 0. The molecule has 0 aromatic carbocycles. The first-order chi connectivity index (χ1) is 18.3. The summed E-state index contributed by atoms with van der Waals surface area (Å²) in [4.78, 5) is 0. The van der Waals surface area contributed by atoms with Gasteiger partial charge in [-0.3, -0.25) is 0 Å². The molecule has 0 aliphatic heterocycles. The first-order valence-corrected chi connectivity index (χ1v) is 19.2.